The number of thiophene rings is 1. The van der Waals surface area contributed by atoms with Crippen LogP contribution in [0.15, 0.2) is 29.7 Å². The van der Waals surface area contributed by atoms with Crippen LogP contribution in [0.1, 0.15) is 25.6 Å². The van der Waals surface area contributed by atoms with Crippen molar-refractivity contribution in [3.63, 3.8) is 0 Å². The van der Waals surface area contributed by atoms with Gasteiger partial charge < -0.3 is 15.4 Å². The van der Waals surface area contributed by atoms with E-state index in [0.717, 1.165) is 13.1 Å². The number of carbonyl (C=O) groups is 1. The highest BCUT2D eigenvalue weighted by Gasteiger charge is 2.14. The van der Waals surface area contributed by atoms with Crippen LogP contribution in [0.5, 0.6) is 0 Å². The fraction of sp³-hybridized carbons (Fsp3) is 0.500. The van der Waals surface area contributed by atoms with Crippen molar-refractivity contribution in [3.8, 4) is 0 Å². The normalized spacial score (nSPS) is 11.7. The molecule has 0 aliphatic carbocycles. The average Bonchev–Trinajstić information content (AvgIpc) is 2.78. The zero-order chi connectivity index (χ0) is 14.1. The van der Waals surface area contributed by atoms with Gasteiger partial charge in [0.2, 0.25) is 0 Å². The maximum absolute atomic E-state index is 11.3. The molecule has 1 amide bonds. The minimum absolute atomic E-state index is 0.385. The lowest BCUT2D eigenvalue weighted by Crippen LogP contribution is -2.32. The van der Waals surface area contributed by atoms with E-state index in [9.17, 15) is 4.79 Å². The number of hydrogen-bond acceptors (Lipinski definition) is 4. The van der Waals surface area contributed by atoms with Gasteiger partial charge in [-0.25, -0.2) is 4.79 Å². The molecular formula is C14H22N2O2S. The van der Waals surface area contributed by atoms with Gasteiger partial charge in [0.1, 0.15) is 5.60 Å². The second-order valence-corrected chi connectivity index (χ2v) is 6.10. The van der Waals surface area contributed by atoms with Crippen LogP contribution in [0.3, 0.4) is 0 Å². The molecular weight excluding hydrogens is 260 g/mol. The molecule has 2 N–H and O–H groups in total. The Kier molecular flexibility index (Phi) is 6.59. The Labute approximate surface area is 118 Å². The highest BCUT2D eigenvalue weighted by Crippen LogP contribution is 2.07. The summed E-state index contributed by atoms with van der Waals surface area (Å²) in [4.78, 5) is 12.6. The molecule has 4 nitrogen and oxygen atoms in total. The van der Waals surface area contributed by atoms with Crippen molar-refractivity contribution in [3.05, 3.63) is 34.5 Å². The molecule has 5 heteroatoms. The first-order chi connectivity index (χ1) is 8.97. The lowest BCUT2D eigenvalue weighted by Gasteiger charge is -2.19. The van der Waals surface area contributed by atoms with Crippen molar-refractivity contribution < 1.29 is 9.53 Å². The summed E-state index contributed by atoms with van der Waals surface area (Å²) in [5, 5.41) is 8.03. The van der Waals surface area contributed by atoms with Gasteiger partial charge in [0, 0.05) is 24.5 Å². The van der Waals surface area contributed by atoms with Gasteiger partial charge in [-0.15, -0.1) is 11.3 Å². The molecule has 106 valence electrons. The van der Waals surface area contributed by atoms with E-state index in [1.165, 1.54) is 4.88 Å². The molecule has 0 aromatic carbocycles. The largest absolute Gasteiger partial charge is 0.444 e. The number of carbonyl (C=O) groups excluding carboxylic acids is 1. The highest BCUT2D eigenvalue weighted by molar-refractivity contribution is 7.09. The summed E-state index contributed by atoms with van der Waals surface area (Å²) in [5.74, 6) is 0. The van der Waals surface area contributed by atoms with E-state index in [1.807, 2.05) is 39.0 Å². The summed E-state index contributed by atoms with van der Waals surface area (Å²) in [6.45, 7) is 7.68. The Bertz CT molecular complexity index is 394. The monoisotopic (exact) mass is 282 g/mol. The summed E-state index contributed by atoms with van der Waals surface area (Å²) in [6, 6.07) is 4.15. The van der Waals surface area contributed by atoms with Crippen molar-refractivity contribution in [2.75, 3.05) is 13.1 Å². The number of amides is 1. The molecule has 1 aromatic heterocycles. The molecule has 0 unspecified atom stereocenters. The van der Waals surface area contributed by atoms with Gasteiger partial charge in [0.05, 0.1) is 0 Å². The third kappa shape index (κ3) is 8.40. The molecule has 0 bridgehead atoms. The van der Waals surface area contributed by atoms with Crippen LogP contribution in [0.25, 0.3) is 0 Å². The first kappa shape index (κ1) is 15.7. The van der Waals surface area contributed by atoms with E-state index < -0.39 is 5.60 Å². The fourth-order valence-electron chi connectivity index (χ4n) is 1.31. The summed E-state index contributed by atoms with van der Waals surface area (Å²) in [5.41, 5.74) is -0.448. The van der Waals surface area contributed by atoms with Gasteiger partial charge in [-0.2, -0.15) is 0 Å². The van der Waals surface area contributed by atoms with Crippen molar-refractivity contribution in [2.45, 2.75) is 32.9 Å². The van der Waals surface area contributed by atoms with E-state index >= 15 is 0 Å². The highest BCUT2D eigenvalue weighted by atomic mass is 32.1. The maximum atomic E-state index is 11.3. The van der Waals surface area contributed by atoms with Gasteiger partial charge in [-0.3, -0.25) is 0 Å². The van der Waals surface area contributed by atoms with Gasteiger partial charge in [-0.05, 0) is 32.2 Å². The molecule has 0 aliphatic heterocycles. The Balaban J connectivity index is 2.03. The number of ether oxygens (including phenoxy) is 1. The predicted octanol–water partition coefficient (Wildman–Crippen LogP) is 2.92. The molecule has 0 spiro atoms. The van der Waals surface area contributed by atoms with Crippen molar-refractivity contribution >= 4 is 17.4 Å². The van der Waals surface area contributed by atoms with Gasteiger partial charge in [-0.1, -0.05) is 18.2 Å². The summed E-state index contributed by atoms with van der Waals surface area (Å²) in [7, 11) is 0. The smallest absolute Gasteiger partial charge is 0.407 e. The second kappa shape index (κ2) is 7.96. The van der Waals surface area contributed by atoms with E-state index in [1.54, 1.807) is 11.3 Å². The number of rotatable bonds is 6. The standard InChI is InChI=1S/C14H22N2O2S/c1-14(2,3)18-13(17)16-9-5-4-8-15-11-12-7-6-10-19-12/h4-7,10,15H,8-9,11H2,1-3H3,(H,16,17)/b5-4+. The fourth-order valence-corrected chi connectivity index (χ4v) is 1.99. The molecule has 0 radical (unpaired) electrons. The topological polar surface area (TPSA) is 50.4 Å². The van der Waals surface area contributed by atoms with Gasteiger partial charge in [0.25, 0.3) is 0 Å². The lowest BCUT2D eigenvalue weighted by molar-refractivity contribution is 0.0534. The van der Waals surface area contributed by atoms with Crippen molar-refractivity contribution in [1.82, 2.24) is 10.6 Å². The van der Waals surface area contributed by atoms with E-state index in [4.69, 9.17) is 4.74 Å². The number of nitrogens with one attached hydrogen (secondary N) is 2. The van der Waals surface area contributed by atoms with Crippen LogP contribution in [-0.2, 0) is 11.3 Å². The molecule has 0 aliphatic rings. The van der Waals surface area contributed by atoms with Gasteiger partial charge >= 0.3 is 6.09 Å². The molecule has 0 atom stereocenters. The van der Waals surface area contributed by atoms with Crippen LogP contribution in [-0.4, -0.2) is 24.8 Å². The van der Waals surface area contributed by atoms with Crippen LogP contribution < -0.4 is 10.6 Å². The first-order valence-electron chi connectivity index (χ1n) is 6.32. The van der Waals surface area contributed by atoms with E-state index in [0.29, 0.717) is 6.54 Å². The minimum Gasteiger partial charge on any atom is -0.444 e. The second-order valence-electron chi connectivity index (χ2n) is 5.06. The zero-order valence-electron chi connectivity index (χ0n) is 11.7. The molecule has 19 heavy (non-hydrogen) atoms. The minimum atomic E-state index is -0.448. The summed E-state index contributed by atoms with van der Waals surface area (Å²) in [6.07, 6.45) is 3.51. The molecule has 1 heterocycles. The number of hydrogen-bond donors (Lipinski definition) is 2. The lowest BCUT2D eigenvalue weighted by atomic mass is 10.2. The zero-order valence-corrected chi connectivity index (χ0v) is 12.5. The van der Waals surface area contributed by atoms with Gasteiger partial charge in [0.15, 0.2) is 0 Å². The summed E-state index contributed by atoms with van der Waals surface area (Å²) >= 11 is 1.74. The van der Waals surface area contributed by atoms with Crippen LogP contribution in [0.4, 0.5) is 4.79 Å². The first-order valence-corrected chi connectivity index (χ1v) is 7.20. The Morgan fingerprint density at radius 3 is 2.74 bits per heavy atom. The molecule has 1 rings (SSSR count). The van der Waals surface area contributed by atoms with Crippen molar-refractivity contribution in [1.29, 1.82) is 0 Å². The molecule has 0 fully saturated rings. The number of alkyl carbamates (subject to hydrolysis) is 1. The Morgan fingerprint density at radius 2 is 2.11 bits per heavy atom. The summed E-state index contributed by atoms with van der Waals surface area (Å²) < 4.78 is 5.12. The molecule has 1 aromatic rings. The van der Waals surface area contributed by atoms with E-state index in [-0.39, 0.29) is 6.09 Å². The molecule has 0 saturated carbocycles. The Hall–Kier alpha value is -1.33. The quantitative estimate of drug-likeness (QED) is 0.623. The van der Waals surface area contributed by atoms with Crippen LogP contribution in [0.2, 0.25) is 0 Å². The SMILES string of the molecule is CC(C)(C)OC(=O)NC/C=C/CNCc1cccs1. The molecule has 0 saturated heterocycles. The maximum Gasteiger partial charge on any atom is 0.407 e. The Morgan fingerprint density at radius 1 is 1.37 bits per heavy atom. The van der Waals surface area contributed by atoms with E-state index in [2.05, 4.69) is 22.1 Å². The third-order valence-corrected chi connectivity index (χ3v) is 2.95. The van der Waals surface area contributed by atoms with Crippen LogP contribution in [0, 0.1) is 0 Å². The average molecular weight is 282 g/mol. The third-order valence-electron chi connectivity index (χ3n) is 2.07. The van der Waals surface area contributed by atoms with Crippen LogP contribution >= 0.6 is 11.3 Å². The van der Waals surface area contributed by atoms with Crippen molar-refractivity contribution in [2.24, 2.45) is 0 Å². The predicted molar refractivity (Wildman–Crippen MR) is 79.4 cm³/mol.